The standard InChI is InChI=1S/C17H24N2O4/c1-11(15(21)19-17(2,3)4)18-14(20)10-7-12-5-8-13(9-6-12)16(22)23/h5-6,8-9,11H,7,10H2,1-4H3,(H,18,20)(H,19,21)(H,22,23). The molecule has 0 saturated heterocycles. The van der Waals surface area contributed by atoms with Gasteiger partial charge in [-0.15, -0.1) is 0 Å². The van der Waals surface area contributed by atoms with Gasteiger partial charge in [0.25, 0.3) is 0 Å². The number of hydrogen-bond acceptors (Lipinski definition) is 3. The fourth-order valence-electron chi connectivity index (χ4n) is 1.93. The molecule has 0 heterocycles. The van der Waals surface area contributed by atoms with E-state index in [-0.39, 0.29) is 29.3 Å². The summed E-state index contributed by atoms with van der Waals surface area (Å²) in [6.45, 7) is 7.27. The molecular weight excluding hydrogens is 296 g/mol. The fraction of sp³-hybridized carbons (Fsp3) is 0.471. The summed E-state index contributed by atoms with van der Waals surface area (Å²) in [7, 11) is 0. The van der Waals surface area contributed by atoms with Gasteiger partial charge in [-0.2, -0.15) is 0 Å². The van der Waals surface area contributed by atoms with Crippen molar-refractivity contribution < 1.29 is 19.5 Å². The Morgan fingerprint density at radius 2 is 1.70 bits per heavy atom. The second-order valence-corrected chi connectivity index (χ2v) is 6.53. The van der Waals surface area contributed by atoms with Gasteiger partial charge in [0.2, 0.25) is 11.8 Å². The number of carboxylic acid groups (broad SMARTS) is 1. The van der Waals surface area contributed by atoms with Crippen LogP contribution >= 0.6 is 0 Å². The molecule has 0 aromatic heterocycles. The van der Waals surface area contributed by atoms with Gasteiger partial charge < -0.3 is 15.7 Å². The third-order valence-electron chi connectivity index (χ3n) is 3.11. The van der Waals surface area contributed by atoms with Gasteiger partial charge in [0.05, 0.1) is 5.56 Å². The Bertz CT molecular complexity index is 573. The van der Waals surface area contributed by atoms with Crippen LogP contribution in [0, 0.1) is 0 Å². The van der Waals surface area contributed by atoms with Crippen LogP contribution in [0.25, 0.3) is 0 Å². The number of hydrogen-bond donors (Lipinski definition) is 3. The van der Waals surface area contributed by atoms with Crippen molar-refractivity contribution in [3.63, 3.8) is 0 Å². The molecule has 0 saturated carbocycles. The largest absolute Gasteiger partial charge is 0.478 e. The molecule has 0 fully saturated rings. The molecular formula is C17H24N2O4. The molecule has 1 atom stereocenters. The lowest BCUT2D eigenvalue weighted by atomic mass is 10.1. The summed E-state index contributed by atoms with van der Waals surface area (Å²) < 4.78 is 0. The number of carbonyl (C=O) groups excluding carboxylic acids is 2. The number of aromatic carboxylic acids is 1. The van der Waals surface area contributed by atoms with E-state index in [9.17, 15) is 14.4 Å². The van der Waals surface area contributed by atoms with Gasteiger partial charge in [-0.1, -0.05) is 12.1 Å². The molecule has 3 N–H and O–H groups in total. The molecule has 6 heteroatoms. The van der Waals surface area contributed by atoms with E-state index >= 15 is 0 Å². The summed E-state index contributed by atoms with van der Waals surface area (Å²) in [6, 6.07) is 5.79. The minimum Gasteiger partial charge on any atom is -0.478 e. The van der Waals surface area contributed by atoms with E-state index in [1.165, 1.54) is 12.1 Å². The van der Waals surface area contributed by atoms with Crippen LogP contribution < -0.4 is 10.6 Å². The number of amides is 2. The molecule has 1 unspecified atom stereocenters. The summed E-state index contributed by atoms with van der Waals surface area (Å²) in [5.74, 6) is -1.42. The van der Waals surface area contributed by atoms with Crippen LogP contribution in [0.1, 0.15) is 50.0 Å². The van der Waals surface area contributed by atoms with Gasteiger partial charge in [0.15, 0.2) is 0 Å². The summed E-state index contributed by atoms with van der Waals surface area (Å²) in [4.78, 5) is 34.5. The lowest BCUT2D eigenvalue weighted by molar-refractivity contribution is -0.129. The van der Waals surface area contributed by atoms with E-state index in [2.05, 4.69) is 10.6 Å². The molecule has 1 rings (SSSR count). The Labute approximate surface area is 136 Å². The summed E-state index contributed by atoms with van der Waals surface area (Å²) >= 11 is 0. The SMILES string of the molecule is CC(NC(=O)CCc1ccc(C(=O)O)cc1)C(=O)NC(C)(C)C. The van der Waals surface area contributed by atoms with Crippen LogP contribution in [-0.4, -0.2) is 34.5 Å². The van der Waals surface area contributed by atoms with Gasteiger partial charge in [0.1, 0.15) is 6.04 Å². The molecule has 0 aliphatic rings. The van der Waals surface area contributed by atoms with Gasteiger partial charge in [-0.05, 0) is 51.8 Å². The number of carbonyl (C=O) groups is 3. The maximum absolute atomic E-state index is 11.9. The van der Waals surface area contributed by atoms with Crippen molar-refractivity contribution in [2.75, 3.05) is 0 Å². The second-order valence-electron chi connectivity index (χ2n) is 6.53. The van der Waals surface area contributed by atoms with E-state index in [0.29, 0.717) is 6.42 Å². The topological polar surface area (TPSA) is 95.5 Å². The first-order valence-electron chi connectivity index (χ1n) is 7.52. The molecule has 6 nitrogen and oxygen atoms in total. The molecule has 126 valence electrons. The van der Waals surface area contributed by atoms with Crippen molar-refractivity contribution in [2.45, 2.75) is 52.1 Å². The van der Waals surface area contributed by atoms with E-state index in [1.807, 2.05) is 20.8 Å². The Morgan fingerprint density at radius 3 is 2.17 bits per heavy atom. The Balaban J connectivity index is 2.44. The normalized spacial score (nSPS) is 12.3. The van der Waals surface area contributed by atoms with Crippen molar-refractivity contribution in [3.8, 4) is 0 Å². The molecule has 0 spiro atoms. The smallest absolute Gasteiger partial charge is 0.335 e. The van der Waals surface area contributed by atoms with Crippen LogP contribution in [0.4, 0.5) is 0 Å². The quantitative estimate of drug-likeness (QED) is 0.744. The second kappa shape index (κ2) is 7.76. The maximum atomic E-state index is 11.9. The van der Waals surface area contributed by atoms with E-state index in [1.54, 1.807) is 19.1 Å². The van der Waals surface area contributed by atoms with Crippen molar-refractivity contribution in [1.29, 1.82) is 0 Å². The van der Waals surface area contributed by atoms with E-state index in [0.717, 1.165) is 5.56 Å². The molecule has 1 aromatic rings. The Hall–Kier alpha value is -2.37. The first kappa shape index (κ1) is 18.7. The zero-order valence-corrected chi connectivity index (χ0v) is 14.0. The van der Waals surface area contributed by atoms with Gasteiger partial charge in [-0.25, -0.2) is 4.79 Å². The van der Waals surface area contributed by atoms with Gasteiger partial charge in [0, 0.05) is 12.0 Å². The third kappa shape index (κ3) is 6.95. The highest BCUT2D eigenvalue weighted by Gasteiger charge is 2.20. The average molecular weight is 320 g/mol. The molecule has 0 aliphatic carbocycles. The van der Waals surface area contributed by atoms with Crippen LogP contribution in [-0.2, 0) is 16.0 Å². The highest BCUT2D eigenvalue weighted by Crippen LogP contribution is 2.07. The summed E-state index contributed by atoms with van der Waals surface area (Å²) in [6.07, 6.45) is 0.721. The number of nitrogens with one attached hydrogen (secondary N) is 2. The van der Waals surface area contributed by atoms with E-state index < -0.39 is 12.0 Å². The maximum Gasteiger partial charge on any atom is 0.335 e. The monoisotopic (exact) mass is 320 g/mol. The molecule has 1 aromatic carbocycles. The predicted octanol–water partition coefficient (Wildman–Crippen LogP) is 1.74. The van der Waals surface area contributed by atoms with Crippen molar-refractivity contribution in [1.82, 2.24) is 10.6 Å². The van der Waals surface area contributed by atoms with E-state index in [4.69, 9.17) is 5.11 Å². The zero-order valence-electron chi connectivity index (χ0n) is 14.0. The molecule has 2 amide bonds. The fourth-order valence-corrected chi connectivity index (χ4v) is 1.93. The Kier molecular flexibility index (Phi) is 6.30. The minimum absolute atomic E-state index is 0.214. The Morgan fingerprint density at radius 1 is 1.13 bits per heavy atom. The van der Waals surface area contributed by atoms with Crippen LogP contribution in [0.5, 0.6) is 0 Å². The number of aryl methyl sites for hydroxylation is 1. The van der Waals surface area contributed by atoms with Crippen LogP contribution in [0.3, 0.4) is 0 Å². The summed E-state index contributed by atoms with van der Waals surface area (Å²) in [5, 5.41) is 14.3. The lowest BCUT2D eigenvalue weighted by Crippen LogP contribution is -2.50. The first-order chi connectivity index (χ1) is 10.6. The first-order valence-corrected chi connectivity index (χ1v) is 7.52. The lowest BCUT2D eigenvalue weighted by Gasteiger charge is -2.23. The molecule has 0 radical (unpaired) electrons. The number of rotatable bonds is 6. The third-order valence-corrected chi connectivity index (χ3v) is 3.11. The number of carboxylic acids is 1. The van der Waals surface area contributed by atoms with Crippen molar-refractivity contribution in [3.05, 3.63) is 35.4 Å². The predicted molar refractivity (Wildman–Crippen MR) is 87.2 cm³/mol. The molecule has 0 aliphatic heterocycles. The van der Waals surface area contributed by atoms with Gasteiger partial charge in [-0.3, -0.25) is 9.59 Å². The zero-order chi connectivity index (χ0) is 17.6. The highest BCUT2D eigenvalue weighted by molar-refractivity contribution is 5.88. The van der Waals surface area contributed by atoms with Crippen molar-refractivity contribution in [2.24, 2.45) is 0 Å². The summed E-state index contributed by atoms with van der Waals surface area (Å²) in [5.41, 5.74) is 0.740. The highest BCUT2D eigenvalue weighted by atomic mass is 16.4. The van der Waals surface area contributed by atoms with Crippen molar-refractivity contribution >= 4 is 17.8 Å². The molecule has 23 heavy (non-hydrogen) atoms. The van der Waals surface area contributed by atoms with Gasteiger partial charge >= 0.3 is 5.97 Å². The van der Waals surface area contributed by atoms with Crippen LogP contribution in [0.2, 0.25) is 0 Å². The number of benzene rings is 1. The minimum atomic E-state index is -0.979. The molecule has 0 bridgehead atoms. The average Bonchev–Trinajstić information content (AvgIpc) is 2.43. The van der Waals surface area contributed by atoms with Crippen LogP contribution in [0.15, 0.2) is 24.3 Å².